The Morgan fingerprint density at radius 3 is 2.53 bits per heavy atom. The van der Waals surface area contributed by atoms with Crippen LogP contribution in [-0.4, -0.2) is 49.8 Å². The molecular weight excluding hydrogens is 234 g/mol. The molecule has 0 heterocycles. The van der Waals surface area contributed by atoms with Gasteiger partial charge in [-0.25, -0.2) is 0 Å². The number of ether oxygens (including phenoxy) is 1. The van der Waals surface area contributed by atoms with Crippen LogP contribution in [0.1, 0.15) is 27.7 Å². The number of aliphatic imine (C=N–C) groups is 1. The van der Waals surface area contributed by atoms with E-state index in [1.165, 1.54) is 0 Å². The molecular formula is C12H27N3OS. The van der Waals surface area contributed by atoms with Crippen molar-refractivity contribution in [3.8, 4) is 0 Å². The van der Waals surface area contributed by atoms with E-state index in [1.807, 2.05) is 18.7 Å². The first kappa shape index (κ1) is 16.6. The van der Waals surface area contributed by atoms with Crippen molar-refractivity contribution in [3.05, 3.63) is 0 Å². The Balaban J connectivity index is 4.07. The third kappa shape index (κ3) is 9.30. The third-order valence-corrected chi connectivity index (χ3v) is 3.49. The third-order valence-electron chi connectivity index (χ3n) is 2.26. The summed E-state index contributed by atoms with van der Waals surface area (Å²) in [5.41, 5.74) is 0. The lowest BCUT2D eigenvalue weighted by molar-refractivity contribution is 0.152. The van der Waals surface area contributed by atoms with E-state index >= 15 is 0 Å². The van der Waals surface area contributed by atoms with Crippen LogP contribution in [0, 0.1) is 0 Å². The van der Waals surface area contributed by atoms with E-state index in [4.69, 9.17) is 4.74 Å². The number of nitrogens with zero attached hydrogens (tertiary/aromatic N) is 1. The highest BCUT2D eigenvalue weighted by molar-refractivity contribution is 7.99. The molecule has 0 atom stereocenters. The molecule has 0 saturated carbocycles. The number of nitrogens with one attached hydrogen (secondary N) is 2. The zero-order valence-corrected chi connectivity index (χ0v) is 12.6. The van der Waals surface area contributed by atoms with Crippen LogP contribution >= 0.6 is 11.8 Å². The summed E-state index contributed by atoms with van der Waals surface area (Å²) in [5, 5.41) is 6.49. The van der Waals surface area contributed by atoms with Gasteiger partial charge in [0.2, 0.25) is 0 Å². The van der Waals surface area contributed by atoms with E-state index in [-0.39, 0.29) is 4.75 Å². The zero-order chi connectivity index (χ0) is 13.1. The maximum atomic E-state index is 5.28. The Morgan fingerprint density at radius 1 is 1.29 bits per heavy atom. The Kier molecular flexibility index (Phi) is 9.36. The molecule has 0 spiro atoms. The molecule has 0 aliphatic carbocycles. The highest BCUT2D eigenvalue weighted by Crippen LogP contribution is 2.20. The van der Waals surface area contributed by atoms with Crippen LogP contribution in [0.4, 0.5) is 0 Å². The maximum absolute atomic E-state index is 5.28. The molecule has 4 nitrogen and oxygen atoms in total. The predicted molar refractivity (Wildman–Crippen MR) is 78.1 cm³/mol. The van der Waals surface area contributed by atoms with Gasteiger partial charge in [-0.1, -0.05) is 0 Å². The number of rotatable bonds is 8. The van der Waals surface area contributed by atoms with Gasteiger partial charge in [0.05, 0.1) is 13.2 Å². The fourth-order valence-corrected chi connectivity index (χ4v) is 1.26. The monoisotopic (exact) mass is 261 g/mol. The molecule has 0 radical (unpaired) electrons. The van der Waals surface area contributed by atoms with Crippen molar-refractivity contribution >= 4 is 17.7 Å². The molecule has 0 rings (SSSR count). The van der Waals surface area contributed by atoms with Gasteiger partial charge in [-0.05, 0) is 34.0 Å². The molecule has 0 saturated heterocycles. The SMILES string of the molecule is CCNC(=NCC(C)(C)SC)NCCOCC. The van der Waals surface area contributed by atoms with Gasteiger partial charge < -0.3 is 15.4 Å². The Hall–Kier alpha value is -0.420. The van der Waals surface area contributed by atoms with Crippen LogP contribution in [0.25, 0.3) is 0 Å². The summed E-state index contributed by atoms with van der Waals surface area (Å²) in [6, 6.07) is 0. The van der Waals surface area contributed by atoms with Crippen molar-refractivity contribution < 1.29 is 4.74 Å². The van der Waals surface area contributed by atoms with Crippen LogP contribution in [0.2, 0.25) is 0 Å². The minimum absolute atomic E-state index is 0.183. The van der Waals surface area contributed by atoms with Crippen molar-refractivity contribution in [1.82, 2.24) is 10.6 Å². The normalized spacial score (nSPS) is 12.6. The van der Waals surface area contributed by atoms with E-state index in [1.54, 1.807) is 0 Å². The standard InChI is InChI=1S/C12H27N3OS/c1-6-13-11(14-8-9-16-7-2)15-10-12(3,4)17-5/h6-10H2,1-5H3,(H2,13,14,15). The van der Waals surface area contributed by atoms with E-state index in [9.17, 15) is 0 Å². The molecule has 17 heavy (non-hydrogen) atoms. The number of hydrogen-bond acceptors (Lipinski definition) is 3. The molecule has 0 aromatic heterocycles. The topological polar surface area (TPSA) is 45.7 Å². The summed E-state index contributed by atoms with van der Waals surface area (Å²) in [6.07, 6.45) is 2.12. The molecule has 102 valence electrons. The fraction of sp³-hybridized carbons (Fsp3) is 0.917. The first-order valence-electron chi connectivity index (χ1n) is 6.20. The van der Waals surface area contributed by atoms with Gasteiger partial charge in [-0.15, -0.1) is 0 Å². The van der Waals surface area contributed by atoms with Crippen LogP contribution in [0.3, 0.4) is 0 Å². The van der Waals surface area contributed by atoms with E-state index in [2.05, 4.69) is 42.7 Å². The van der Waals surface area contributed by atoms with Gasteiger partial charge in [0.1, 0.15) is 0 Å². The molecule has 0 fully saturated rings. The summed E-state index contributed by atoms with van der Waals surface area (Å²) < 4.78 is 5.46. The largest absolute Gasteiger partial charge is 0.380 e. The van der Waals surface area contributed by atoms with Crippen LogP contribution in [0.5, 0.6) is 0 Å². The number of thioether (sulfide) groups is 1. The predicted octanol–water partition coefficient (Wildman–Crippen LogP) is 1.72. The second-order valence-electron chi connectivity index (χ2n) is 4.28. The first-order chi connectivity index (χ1) is 8.05. The fourth-order valence-electron chi connectivity index (χ4n) is 1.06. The van der Waals surface area contributed by atoms with Crippen molar-refractivity contribution in [2.45, 2.75) is 32.4 Å². The smallest absolute Gasteiger partial charge is 0.191 e. The lowest BCUT2D eigenvalue weighted by Gasteiger charge is -2.20. The van der Waals surface area contributed by atoms with Gasteiger partial charge in [-0.2, -0.15) is 11.8 Å². The molecule has 0 bridgehead atoms. The second-order valence-corrected chi connectivity index (χ2v) is 5.80. The van der Waals surface area contributed by atoms with Crippen LogP contribution < -0.4 is 10.6 Å². The quantitative estimate of drug-likeness (QED) is 0.397. The van der Waals surface area contributed by atoms with Crippen molar-refractivity contribution in [2.75, 3.05) is 39.1 Å². The minimum atomic E-state index is 0.183. The summed E-state index contributed by atoms with van der Waals surface area (Å²) in [7, 11) is 0. The lowest BCUT2D eigenvalue weighted by atomic mass is 10.2. The van der Waals surface area contributed by atoms with Crippen molar-refractivity contribution in [3.63, 3.8) is 0 Å². The Labute approximate surface area is 110 Å². The average molecular weight is 261 g/mol. The highest BCUT2D eigenvalue weighted by Gasteiger charge is 2.15. The summed E-state index contributed by atoms with van der Waals surface area (Å²) >= 11 is 1.83. The number of hydrogen-bond donors (Lipinski definition) is 2. The van der Waals surface area contributed by atoms with Gasteiger partial charge in [0.25, 0.3) is 0 Å². The molecule has 0 aliphatic heterocycles. The van der Waals surface area contributed by atoms with E-state index in [0.717, 1.165) is 32.2 Å². The molecule has 0 aromatic rings. The first-order valence-corrected chi connectivity index (χ1v) is 7.43. The summed E-state index contributed by atoms with van der Waals surface area (Å²) in [5.74, 6) is 0.870. The molecule has 0 aromatic carbocycles. The molecule has 0 aliphatic rings. The van der Waals surface area contributed by atoms with Gasteiger partial charge in [0.15, 0.2) is 5.96 Å². The van der Waals surface area contributed by atoms with Crippen molar-refractivity contribution in [1.29, 1.82) is 0 Å². The molecule has 5 heteroatoms. The maximum Gasteiger partial charge on any atom is 0.191 e. The van der Waals surface area contributed by atoms with Gasteiger partial charge in [0, 0.05) is 24.4 Å². The molecule has 0 amide bonds. The summed E-state index contributed by atoms with van der Waals surface area (Å²) in [4.78, 5) is 4.57. The van der Waals surface area contributed by atoms with Crippen LogP contribution in [-0.2, 0) is 4.74 Å². The van der Waals surface area contributed by atoms with Crippen molar-refractivity contribution in [2.24, 2.45) is 4.99 Å². The average Bonchev–Trinajstić information content (AvgIpc) is 2.31. The Morgan fingerprint density at radius 2 is 2.00 bits per heavy atom. The highest BCUT2D eigenvalue weighted by atomic mass is 32.2. The van der Waals surface area contributed by atoms with Crippen LogP contribution in [0.15, 0.2) is 4.99 Å². The Bertz CT molecular complexity index is 220. The lowest BCUT2D eigenvalue weighted by Crippen LogP contribution is -2.40. The number of guanidine groups is 1. The minimum Gasteiger partial charge on any atom is -0.380 e. The summed E-state index contributed by atoms with van der Waals surface area (Å²) in [6.45, 7) is 12.4. The van der Waals surface area contributed by atoms with E-state index in [0.29, 0.717) is 6.61 Å². The molecule has 0 unspecified atom stereocenters. The van der Waals surface area contributed by atoms with Gasteiger partial charge in [-0.3, -0.25) is 4.99 Å². The second kappa shape index (κ2) is 9.59. The molecule has 2 N–H and O–H groups in total. The van der Waals surface area contributed by atoms with Gasteiger partial charge >= 0.3 is 0 Å². The van der Waals surface area contributed by atoms with E-state index < -0.39 is 0 Å². The zero-order valence-electron chi connectivity index (χ0n) is 11.8.